The second-order valence-corrected chi connectivity index (χ2v) is 6.42. The molecule has 2 aromatic rings. The second-order valence-electron chi connectivity index (χ2n) is 5.56. The first-order chi connectivity index (χ1) is 10.9. The molecular formula is C18H20BrNO3. The maximum Gasteiger partial charge on any atom is 0.216 e. The lowest BCUT2D eigenvalue weighted by Crippen LogP contribution is -2.29. The quantitative estimate of drug-likeness (QED) is 0.800. The number of benzene rings is 2. The Balaban J connectivity index is 2.03. The van der Waals surface area contributed by atoms with Crippen LogP contribution in [0.2, 0.25) is 0 Å². The normalized spacial score (nSPS) is 13.2. The number of amides is 1. The van der Waals surface area contributed by atoms with Gasteiger partial charge in [-0.3, -0.25) is 4.79 Å². The number of hydrogen-bond donors (Lipinski definition) is 2. The van der Waals surface area contributed by atoms with E-state index in [2.05, 4.69) is 21.2 Å². The van der Waals surface area contributed by atoms with Gasteiger partial charge in [0.2, 0.25) is 5.91 Å². The number of carbonyl (C=O) groups excluding carboxylic acids is 1. The van der Waals surface area contributed by atoms with Crippen LogP contribution in [0.3, 0.4) is 0 Å². The summed E-state index contributed by atoms with van der Waals surface area (Å²) in [6, 6.07) is 14.9. The van der Waals surface area contributed by atoms with Gasteiger partial charge in [0.05, 0.1) is 10.1 Å². The van der Waals surface area contributed by atoms with Crippen molar-refractivity contribution in [1.29, 1.82) is 0 Å². The molecule has 122 valence electrons. The molecule has 0 heterocycles. The van der Waals surface area contributed by atoms with Crippen molar-refractivity contribution in [3.05, 3.63) is 58.6 Å². The van der Waals surface area contributed by atoms with E-state index in [-0.39, 0.29) is 5.91 Å². The van der Waals surface area contributed by atoms with E-state index in [0.29, 0.717) is 18.7 Å². The van der Waals surface area contributed by atoms with E-state index < -0.39 is 5.60 Å². The molecule has 0 aliphatic heterocycles. The van der Waals surface area contributed by atoms with Gasteiger partial charge in [-0.15, -0.1) is 0 Å². The van der Waals surface area contributed by atoms with Crippen molar-refractivity contribution in [2.75, 3.05) is 6.54 Å². The zero-order valence-electron chi connectivity index (χ0n) is 13.2. The number of rotatable bonds is 6. The van der Waals surface area contributed by atoms with Crippen LogP contribution in [0.5, 0.6) is 11.5 Å². The third kappa shape index (κ3) is 5.08. The van der Waals surface area contributed by atoms with Crippen LogP contribution in [0.4, 0.5) is 0 Å². The predicted molar refractivity (Wildman–Crippen MR) is 93.5 cm³/mol. The van der Waals surface area contributed by atoms with E-state index in [0.717, 1.165) is 15.8 Å². The first-order valence-electron chi connectivity index (χ1n) is 7.38. The minimum absolute atomic E-state index is 0.0991. The number of aliphatic hydroxyl groups is 1. The molecule has 0 aromatic heterocycles. The molecule has 0 radical (unpaired) electrons. The lowest BCUT2D eigenvalue weighted by Gasteiger charge is -2.24. The average molecular weight is 378 g/mol. The van der Waals surface area contributed by atoms with E-state index in [9.17, 15) is 9.90 Å². The molecule has 0 saturated heterocycles. The summed E-state index contributed by atoms with van der Waals surface area (Å²) in [5.41, 5.74) is -0.226. The van der Waals surface area contributed by atoms with Gasteiger partial charge in [0, 0.05) is 13.5 Å². The summed E-state index contributed by atoms with van der Waals surface area (Å²) in [5, 5.41) is 13.2. The van der Waals surface area contributed by atoms with Gasteiger partial charge in [-0.05, 0) is 59.1 Å². The highest BCUT2D eigenvalue weighted by atomic mass is 79.9. The van der Waals surface area contributed by atoms with Gasteiger partial charge in [0.25, 0.3) is 0 Å². The molecule has 23 heavy (non-hydrogen) atoms. The van der Waals surface area contributed by atoms with Crippen LogP contribution in [0.25, 0.3) is 0 Å². The van der Waals surface area contributed by atoms with Crippen LogP contribution in [-0.2, 0) is 10.4 Å². The van der Waals surface area contributed by atoms with Crippen LogP contribution in [0, 0.1) is 0 Å². The maximum atomic E-state index is 10.9. The predicted octanol–water partition coefficient (Wildman–Crippen LogP) is 3.98. The van der Waals surface area contributed by atoms with E-state index in [1.54, 1.807) is 6.92 Å². The monoisotopic (exact) mass is 377 g/mol. The fourth-order valence-corrected chi connectivity index (χ4v) is 2.53. The number of halogens is 1. The van der Waals surface area contributed by atoms with E-state index >= 15 is 0 Å². The highest BCUT2D eigenvalue weighted by Gasteiger charge is 2.22. The van der Waals surface area contributed by atoms with Crippen LogP contribution in [0.1, 0.15) is 25.8 Å². The number of ether oxygens (including phenoxy) is 1. The van der Waals surface area contributed by atoms with Crippen molar-refractivity contribution >= 4 is 21.8 Å². The van der Waals surface area contributed by atoms with Gasteiger partial charge in [-0.1, -0.05) is 24.3 Å². The minimum Gasteiger partial charge on any atom is -0.456 e. The molecule has 4 nitrogen and oxygen atoms in total. The number of hydrogen-bond acceptors (Lipinski definition) is 3. The van der Waals surface area contributed by atoms with Crippen LogP contribution in [0.15, 0.2) is 53.0 Å². The van der Waals surface area contributed by atoms with E-state index in [1.165, 1.54) is 6.92 Å². The number of carbonyl (C=O) groups is 1. The Bertz CT molecular complexity index is 668. The van der Waals surface area contributed by atoms with E-state index in [4.69, 9.17) is 4.74 Å². The summed E-state index contributed by atoms with van der Waals surface area (Å²) < 4.78 is 6.68. The fraction of sp³-hybridized carbons (Fsp3) is 0.278. The van der Waals surface area contributed by atoms with Crippen molar-refractivity contribution in [3.8, 4) is 11.5 Å². The van der Waals surface area contributed by atoms with Gasteiger partial charge < -0.3 is 15.2 Å². The van der Waals surface area contributed by atoms with Gasteiger partial charge >= 0.3 is 0 Å². The summed E-state index contributed by atoms with van der Waals surface area (Å²) >= 11 is 3.44. The topological polar surface area (TPSA) is 58.6 Å². The minimum atomic E-state index is -1.01. The Kier molecular flexibility index (Phi) is 5.80. The molecule has 1 unspecified atom stereocenters. The van der Waals surface area contributed by atoms with Crippen molar-refractivity contribution in [1.82, 2.24) is 5.32 Å². The molecule has 0 aliphatic carbocycles. The molecule has 0 saturated carbocycles. The molecule has 1 amide bonds. The van der Waals surface area contributed by atoms with Crippen molar-refractivity contribution < 1.29 is 14.6 Å². The average Bonchev–Trinajstić information content (AvgIpc) is 2.49. The first kappa shape index (κ1) is 17.5. The molecule has 2 rings (SSSR count). The van der Waals surface area contributed by atoms with Crippen LogP contribution < -0.4 is 10.1 Å². The molecule has 0 bridgehead atoms. The first-order valence-corrected chi connectivity index (χ1v) is 8.17. The second kappa shape index (κ2) is 7.62. The van der Waals surface area contributed by atoms with Gasteiger partial charge in [0.1, 0.15) is 11.5 Å². The van der Waals surface area contributed by atoms with Crippen molar-refractivity contribution in [3.63, 3.8) is 0 Å². The Morgan fingerprint density at radius 3 is 2.48 bits per heavy atom. The van der Waals surface area contributed by atoms with Crippen molar-refractivity contribution in [2.45, 2.75) is 25.9 Å². The van der Waals surface area contributed by atoms with Crippen LogP contribution >= 0.6 is 15.9 Å². The van der Waals surface area contributed by atoms with Gasteiger partial charge in [0.15, 0.2) is 0 Å². The molecule has 0 aliphatic rings. The number of para-hydroxylation sites is 1. The molecule has 5 heteroatoms. The maximum absolute atomic E-state index is 10.9. The zero-order valence-corrected chi connectivity index (χ0v) is 14.8. The van der Waals surface area contributed by atoms with Gasteiger partial charge in [-0.25, -0.2) is 0 Å². The largest absolute Gasteiger partial charge is 0.456 e. The molecule has 0 fully saturated rings. The molecule has 2 N–H and O–H groups in total. The number of nitrogens with one attached hydrogen (secondary N) is 1. The summed E-state index contributed by atoms with van der Waals surface area (Å²) in [6.07, 6.45) is 0.441. The Labute approximate surface area is 144 Å². The summed E-state index contributed by atoms with van der Waals surface area (Å²) in [6.45, 7) is 3.62. The summed E-state index contributed by atoms with van der Waals surface area (Å²) in [4.78, 5) is 10.9. The fourth-order valence-electron chi connectivity index (χ4n) is 2.16. The molecule has 2 aromatic carbocycles. The van der Waals surface area contributed by atoms with Crippen LogP contribution in [-0.4, -0.2) is 17.6 Å². The van der Waals surface area contributed by atoms with Gasteiger partial charge in [-0.2, -0.15) is 0 Å². The smallest absolute Gasteiger partial charge is 0.216 e. The summed E-state index contributed by atoms with van der Waals surface area (Å²) in [5.74, 6) is 1.33. The summed E-state index contributed by atoms with van der Waals surface area (Å²) in [7, 11) is 0. The third-order valence-corrected chi connectivity index (χ3v) is 4.18. The van der Waals surface area contributed by atoms with E-state index in [1.807, 2.05) is 48.5 Å². The Hall–Kier alpha value is -1.85. The lowest BCUT2D eigenvalue weighted by atomic mass is 9.92. The standard InChI is InChI=1S/C18H20BrNO3/c1-13(21)20-12-11-18(2,22)14-7-9-15(10-8-14)23-17-6-4-3-5-16(17)19/h3-10,22H,11-12H2,1-2H3,(H,20,21). The molecular weight excluding hydrogens is 358 g/mol. The SMILES string of the molecule is CC(=O)NCCC(C)(O)c1ccc(Oc2ccccc2Br)cc1. The highest BCUT2D eigenvalue weighted by molar-refractivity contribution is 9.10. The Morgan fingerprint density at radius 1 is 1.22 bits per heavy atom. The lowest BCUT2D eigenvalue weighted by molar-refractivity contribution is -0.119. The Morgan fingerprint density at radius 2 is 1.87 bits per heavy atom. The molecule has 1 atom stereocenters. The highest BCUT2D eigenvalue weighted by Crippen LogP contribution is 2.31. The van der Waals surface area contributed by atoms with Crippen molar-refractivity contribution in [2.24, 2.45) is 0 Å². The third-order valence-electron chi connectivity index (χ3n) is 3.53. The molecule has 0 spiro atoms. The zero-order chi connectivity index (χ0) is 16.9.